The Labute approximate surface area is 101 Å². The van der Waals surface area contributed by atoms with E-state index < -0.39 is 0 Å². The number of hydrogen-bond acceptors (Lipinski definition) is 3. The molecule has 0 spiro atoms. The second kappa shape index (κ2) is 5.62. The maximum Gasteiger partial charge on any atom is 0.306 e. The monoisotopic (exact) mass is 232 g/mol. The SMILES string of the molecule is O=C1CC(CCC(=O)OCc2ccccc2)C1. The fourth-order valence-corrected chi connectivity index (χ4v) is 1.92. The molecular weight excluding hydrogens is 216 g/mol. The van der Waals surface area contributed by atoms with Gasteiger partial charge >= 0.3 is 5.97 Å². The van der Waals surface area contributed by atoms with Crippen molar-refractivity contribution in [3.63, 3.8) is 0 Å². The molecule has 0 N–H and O–H groups in total. The van der Waals surface area contributed by atoms with Crippen molar-refractivity contribution in [3.05, 3.63) is 35.9 Å². The highest BCUT2D eigenvalue weighted by Gasteiger charge is 2.26. The predicted molar refractivity (Wildman–Crippen MR) is 63.2 cm³/mol. The summed E-state index contributed by atoms with van der Waals surface area (Å²) in [6.45, 7) is 0.337. The molecule has 0 amide bonds. The molecule has 1 aromatic carbocycles. The Hall–Kier alpha value is -1.64. The van der Waals surface area contributed by atoms with E-state index in [2.05, 4.69) is 0 Å². The molecule has 0 unspecified atom stereocenters. The molecule has 3 heteroatoms. The van der Waals surface area contributed by atoms with Crippen LogP contribution in [0.3, 0.4) is 0 Å². The number of carbonyl (C=O) groups is 2. The van der Waals surface area contributed by atoms with Crippen LogP contribution in [0.1, 0.15) is 31.2 Å². The minimum absolute atomic E-state index is 0.173. The molecule has 0 saturated heterocycles. The van der Waals surface area contributed by atoms with E-state index in [1.165, 1.54) is 0 Å². The molecule has 1 fully saturated rings. The Morgan fingerprint density at radius 1 is 1.24 bits per heavy atom. The number of hydrogen-bond donors (Lipinski definition) is 0. The number of carbonyl (C=O) groups excluding carboxylic acids is 2. The van der Waals surface area contributed by atoms with Crippen molar-refractivity contribution in [1.82, 2.24) is 0 Å². The van der Waals surface area contributed by atoms with Crippen molar-refractivity contribution in [2.45, 2.75) is 32.3 Å². The van der Waals surface area contributed by atoms with Crippen molar-refractivity contribution in [1.29, 1.82) is 0 Å². The smallest absolute Gasteiger partial charge is 0.306 e. The summed E-state index contributed by atoms with van der Waals surface area (Å²) in [6.07, 6.45) is 2.49. The minimum Gasteiger partial charge on any atom is -0.461 e. The highest BCUT2D eigenvalue weighted by molar-refractivity contribution is 5.84. The van der Waals surface area contributed by atoms with E-state index in [-0.39, 0.29) is 5.97 Å². The van der Waals surface area contributed by atoms with Gasteiger partial charge in [0.15, 0.2) is 0 Å². The zero-order valence-electron chi connectivity index (χ0n) is 9.72. The van der Waals surface area contributed by atoms with Gasteiger partial charge in [0.25, 0.3) is 0 Å². The Morgan fingerprint density at radius 2 is 1.94 bits per heavy atom. The van der Waals surface area contributed by atoms with Crippen LogP contribution in [-0.2, 0) is 20.9 Å². The zero-order valence-corrected chi connectivity index (χ0v) is 9.72. The largest absolute Gasteiger partial charge is 0.461 e. The van der Waals surface area contributed by atoms with Gasteiger partial charge in [0.2, 0.25) is 0 Å². The summed E-state index contributed by atoms with van der Waals surface area (Å²) >= 11 is 0. The van der Waals surface area contributed by atoms with Gasteiger partial charge in [0, 0.05) is 19.3 Å². The van der Waals surface area contributed by atoms with Crippen LogP contribution in [0.2, 0.25) is 0 Å². The summed E-state index contributed by atoms with van der Waals surface area (Å²) in [4.78, 5) is 22.2. The van der Waals surface area contributed by atoms with E-state index in [4.69, 9.17) is 4.74 Å². The van der Waals surface area contributed by atoms with Gasteiger partial charge in [0.05, 0.1) is 0 Å². The number of benzene rings is 1. The van der Waals surface area contributed by atoms with Crippen molar-refractivity contribution >= 4 is 11.8 Å². The molecule has 1 aliphatic rings. The van der Waals surface area contributed by atoms with Crippen LogP contribution < -0.4 is 0 Å². The molecule has 1 saturated carbocycles. The zero-order chi connectivity index (χ0) is 12.1. The molecule has 0 heterocycles. The Bertz CT molecular complexity index is 389. The summed E-state index contributed by atoms with van der Waals surface area (Å²) in [6, 6.07) is 9.63. The third-order valence-corrected chi connectivity index (χ3v) is 3.03. The molecule has 3 nitrogen and oxygen atoms in total. The van der Waals surface area contributed by atoms with Crippen LogP contribution in [0.4, 0.5) is 0 Å². The highest BCUT2D eigenvalue weighted by atomic mass is 16.5. The highest BCUT2D eigenvalue weighted by Crippen LogP contribution is 2.27. The van der Waals surface area contributed by atoms with Crippen LogP contribution in [-0.4, -0.2) is 11.8 Å². The summed E-state index contributed by atoms with van der Waals surface area (Å²) in [5.74, 6) is 0.549. The molecule has 0 radical (unpaired) electrons. The Morgan fingerprint density at radius 3 is 2.59 bits per heavy atom. The van der Waals surface area contributed by atoms with E-state index in [1.54, 1.807) is 0 Å². The van der Waals surface area contributed by atoms with E-state index >= 15 is 0 Å². The van der Waals surface area contributed by atoms with Gasteiger partial charge in [-0.25, -0.2) is 0 Å². The molecule has 2 rings (SSSR count). The lowest BCUT2D eigenvalue weighted by atomic mass is 9.81. The Balaban J connectivity index is 1.63. The summed E-state index contributed by atoms with van der Waals surface area (Å²) < 4.78 is 5.15. The fourth-order valence-electron chi connectivity index (χ4n) is 1.92. The van der Waals surface area contributed by atoms with Crippen LogP contribution in [0.15, 0.2) is 30.3 Å². The van der Waals surface area contributed by atoms with Crippen molar-refractivity contribution in [2.24, 2.45) is 5.92 Å². The van der Waals surface area contributed by atoms with Crippen LogP contribution in [0, 0.1) is 5.92 Å². The fraction of sp³-hybridized carbons (Fsp3) is 0.429. The molecule has 1 aromatic rings. The lowest BCUT2D eigenvalue weighted by Crippen LogP contribution is -2.24. The number of esters is 1. The average molecular weight is 232 g/mol. The molecule has 90 valence electrons. The first-order valence-corrected chi connectivity index (χ1v) is 5.95. The van der Waals surface area contributed by atoms with Gasteiger partial charge in [0.1, 0.15) is 12.4 Å². The molecule has 0 aromatic heterocycles. The molecular formula is C14H16O3. The second-order valence-corrected chi connectivity index (χ2v) is 4.50. The molecule has 0 aliphatic heterocycles. The predicted octanol–water partition coefficient (Wildman–Crippen LogP) is 2.49. The van der Waals surface area contributed by atoms with Gasteiger partial charge < -0.3 is 4.74 Å². The first-order chi connectivity index (χ1) is 8.24. The van der Waals surface area contributed by atoms with Gasteiger partial charge in [-0.2, -0.15) is 0 Å². The average Bonchev–Trinajstić information content (AvgIpc) is 2.32. The summed E-state index contributed by atoms with van der Waals surface area (Å²) in [7, 11) is 0. The van der Waals surface area contributed by atoms with Crippen LogP contribution >= 0.6 is 0 Å². The number of rotatable bonds is 5. The van der Waals surface area contributed by atoms with Gasteiger partial charge in [-0.15, -0.1) is 0 Å². The normalized spacial score (nSPS) is 15.4. The Kier molecular flexibility index (Phi) is 3.91. The minimum atomic E-state index is -0.173. The number of ether oxygens (including phenoxy) is 1. The van der Waals surface area contributed by atoms with Gasteiger partial charge in [-0.1, -0.05) is 30.3 Å². The second-order valence-electron chi connectivity index (χ2n) is 4.50. The molecule has 0 bridgehead atoms. The van der Waals surface area contributed by atoms with Crippen LogP contribution in [0.5, 0.6) is 0 Å². The molecule has 1 aliphatic carbocycles. The van der Waals surface area contributed by atoms with E-state index in [9.17, 15) is 9.59 Å². The lowest BCUT2D eigenvalue weighted by Gasteiger charge is -2.23. The molecule has 0 atom stereocenters. The molecule has 17 heavy (non-hydrogen) atoms. The summed E-state index contributed by atoms with van der Waals surface area (Å²) in [5.41, 5.74) is 1.000. The maximum absolute atomic E-state index is 11.4. The van der Waals surface area contributed by atoms with Crippen molar-refractivity contribution < 1.29 is 14.3 Å². The number of Topliss-reactive ketones (excluding diaryl/α,β-unsaturated/α-hetero) is 1. The van der Waals surface area contributed by atoms with Crippen LogP contribution in [0.25, 0.3) is 0 Å². The van der Waals surface area contributed by atoms with E-state index in [1.807, 2.05) is 30.3 Å². The number of ketones is 1. The standard InChI is InChI=1S/C14H16O3/c15-13-8-12(9-13)6-7-14(16)17-10-11-4-2-1-3-5-11/h1-5,12H,6-10H2. The first kappa shape index (κ1) is 11.8. The maximum atomic E-state index is 11.4. The van der Waals surface area contributed by atoms with Gasteiger partial charge in [-0.05, 0) is 17.9 Å². The third kappa shape index (κ3) is 3.70. The topological polar surface area (TPSA) is 43.4 Å². The van der Waals surface area contributed by atoms with Gasteiger partial charge in [-0.3, -0.25) is 9.59 Å². The van der Waals surface area contributed by atoms with E-state index in [0.717, 1.165) is 12.0 Å². The van der Waals surface area contributed by atoms with Crippen molar-refractivity contribution in [2.75, 3.05) is 0 Å². The summed E-state index contributed by atoms with van der Waals surface area (Å²) in [5, 5.41) is 0. The quantitative estimate of drug-likeness (QED) is 0.732. The third-order valence-electron chi connectivity index (χ3n) is 3.03. The van der Waals surface area contributed by atoms with Crippen molar-refractivity contribution in [3.8, 4) is 0 Å². The first-order valence-electron chi connectivity index (χ1n) is 5.95. The lowest BCUT2D eigenvalue weighted by molar-refractivity contribution is -0.146. The van der Waals surface area contributed by atoms with E-state index in [0.29, 0.717) is 37.6 Å².